The van der Waals surface area contributed by atoms with Gasteiger partial charge in [-0.1, -0.05) is 6.08 Å². The zero-order valence-electron chi connectivity index (χ0n) is 11.5. The highest BCUT2D eigenvalue weighted by atomic mass is 15.1. The molecule has 4 heteroatoms. The van der Waals surface area contributed by atoms with Crippen LogP contribution in [0.1, 0.15) is 25.6 Å². The number of hydrogen-bond donors (Lipinski definition) is 1. The van der Waals surface area contributed by atoms with Crippen molar-refractivity contribution >= 4 is 5.69 Å². The van der Waals surface area contributed by atoms with Crippen LogP contribution >= 0.6 is 0 Å². The lowest BCUT2D eigenvalue weighted by Crippen LogP contribution is -2.14. The topological polar surface area (TPSA) is 42.7 Å². The summed E-state index contributed by atoms with van der Waals surface area (Å²) in [6.45, 7) is 7.87. The molecular weight excluding hydrogens is 236 g/mol. The molecule has 1 N–H and O–H groups in total. The minimum absolute atomic E-state index is 0.417. The molecule has 0 amide bonds. The van der Waals surface area contributed by atoms with Gasteiger partial charge in [0.1, 0.15) is 11.6 Å². The van der Waals surface area contributed by atoms with Crippen LogP contribution in [0.25, 0.3) is 5.82 Å². The van der Waals surface area contributed by atoms with Gasteiger partial charge in [-0.2, -0.15) is 0 Å². The van der Waals surface area contributed by atoms with Crippen LogP contribution in [0.15, 0.2) is 43.4 Å². The van der Waals surface area contributed by atoms with Gasteiger partial charge in [0.2, 0.25) is 0 Å². The first-order valence-corrected chi connectivity index (χ1v) is 6.54. The highest BCUT2D eigenvalue weighted by Gasteiger charge is 2.04. The van der Waals surface area contributed by atoms with Crippen LogP contribution in [0.4, 0.5) is 5.69 Å². The molecule has 1 unspecified atom stereocenters. The van der Waals surface area contributed by atoms with Crippen LogP contribution in [0.2, 0.25) is 0 Å². The van der Waals surface area contributed by atoms with Gasteiger partial charge in [-0.05, 0) is 38.8 Å². The SMILES string of the molecule is C=CCCC(C)Nc1ccc(-n2ccnc2C)nc1. The van der Waals surface area contributed by atoms with Crippen molar-refractivity contribution in [2.75, 3.05) is 5.32 Å². The highest BCUT2D eigenvalue weighted by molar-refractivity contribution is 5.44. The Morgan fingerprint density at radius 2 is 2.26 bits per heavy atom. The first kappa shape index (κ1) is 13.3. The summed E-state index contributed by atoms with van der Waals surface area (Å²) in [5.41, 5.74) is 1.04. The second kappa shape index (κ2) is 6.18. The Morgan fingerprint density at radius 1 is 1.42 bits per heavy atom. The molecule has 0 saturated carbocycles. The Bertz CT molecular complexity index is 527. The van der Waals surface area contributed by atoms with E-state index in [0.717, 1.165) is 30.2 Å². The van der Waals surface area contributed by atoms with E-state index in [2.05, 4.69) is 28.8 Å². The third-order valence-corrected chi connectivity index (χ3v) is 3.04. The molecule has 4 nitrogen and oxygen atoms in total. The zero-order chi connectivity index (χ0) is 13.7. The van der Waals surface area contributed by atoms with E-state index in [9.17, 15) is 0 Å². The maximum absolute atomic E-state index is 4.46. The molecule has 0 aliphatic heterocycles. The molecule has 2 aromatic heterocycles. The van der Waals surface area contributed by atoms with Gasteiger partial charge in [-0.25, -0.2) is 9.97 Å². The summed E-state index contributed by atoms with van der Waals surface area (Å²) in [7, 11) is 0. The quantitative estimate of drug-likeness (QED) is 0.806. The third kappa shape index (κ3) is 3.44. The average molecular weight is 256 g/mol. The summed E-state index contributed by atoms with van der Waals surface area (Å²) in [6.07, 6.45) is 9.60. The van der Waals surface area contributed by atoms with E-state index >= 15 is 0 Å². The molecular formula is C15H20N4. The number of aromatic nitrogens is 3. The fourth-order valence-electron chi connectivity index (χ4n) is 1.96. The van der Waals surface area contributed by atoms with Crippen LogP contribution < -0.4 is 5.32 Å². The van der Waals surface area contributed by atoms with E-state index in [4.69, 9.17) is 0 Å². The van der Waals surface area contributed by atoms with E-state index in [-0.39, 0.29) is 0 Å². The number of nitrogens with one attached hydrogen (secondary N) is 1. The smallest absolute Gasteiger partial charge is 0.138 e. The van der Waals surface area contributed by atoms with Gasteiger partial charge >= 0.3 is 0 Å². The van der Waals surface area contributed by atoms with Gasteiger partial charge in [0.15, 0.2) is 0 Å². The Balaban J connectivity index is 2.02. The molecule has 0 fully saturated rings. The standard InChI is InChI=1S/C15H20N4/c1-4-5-6-12(2)18-14-7-8-15(17-11-14)19-10-9-16-13(19)3/h4,7-12,18H,1,5-6H2,2-3H3. The zero-order valence-corrected chi connectivity index (χ0v) is 11.5. The largest absolute Gasteiger partial charge is 0.381 e. The number of nitrogens with zero attached hydrogens (tertiary/aromatic N) is 3. The molecule has 2 aromatic rings. The molecule has 0 saturated heterocycles. The Hall–Kier alpha value is -2.10. The minimum Gasteiger partial charge on any atom is -0.381 e. The Kier molecular flexibility index (Phi) is 4.34. The summed E-state index contributed by atoms with van der Waals surface area (Å²) in [5.74, 6) is 1.83. The van der Waals surface area contributed by atoms with E-state index in [1.54, 1.807) is 6.20 Å². The van der Waals surface area contributed by atoms with E-state index in [1.807, 2.05) is 42.1 Å². The van der Waals surface area contributed by atoms with Gasteiger partial charge < -0.3 is 5.32 Å². The molecule has 19 heavy (non-hydrogen) atoms. The van der Waals surface area contributed by atoms with Crippen LogP contribution in [0, 0.1) is 6.92 Å². The molecule has 0 aromatic carbocycles. The number of anilines is 1. The number of hydrogen-bond acceptors (Lipinski definition) is 3. The lowest BCUT2D eigenvalue weighted by atomic mass is 10.2. The predicted molar refractivity (Wildman–Crippen MR) is 78.6 cm³/mol. The summed E-state index contributed by atoms with van der Waals surface area (Å²) in [6, 6.07) is 4.46. The highest BCUT2D eigenvalue weighted by Crippen LogP contribution is 2.13. The molecule has 1 atom stereocenters. The lowest BCUT2D eigenvalue weighted by molar-refractivity contribution is 0.718. The maximum Gasteiger partial charge on any atom is 0.138 e. The first-order chi connectivity index (χ1) is 9.20. The fourth-order valence-corrected chi connectivity index (χ4v) is 1.96. The van der Waals surface area contributed by atoms with Crippen molar-refractivity contribution in [3.05, 3.63) is 49.2 Å². The maximum atomic E-state index is 4.46. The summed E-state index contributed by atoms with van der Waals surface area (Å²) in [4.78, 5) is 8.65. The van der Waals surface area contributed by atoms with Gasteiger partial charge in [0.25, 0.3) is 0 Å². The molecule has 2 heterocycles. The van der Waals surface area contributed by atoms with E-state index < -0.39 is 0 Å². The van der Waals surface area contributed by atoms with Crippen LogP contribution in [0.5, 0.6) is 0 Å². The number of allylic oxidation sites excluding steroid dienone is 1. The molecule has 0 spiro atoms. The normalized spacial score (nSPS) is 12.1. The molecule has 0 bridgehead atoms. The number of rotatable bonds is 6. The van der Waals surface area contributed by atoms with Gasteiger partial charge in [0.05, 0.1) is 11.9 Å². The molecule has 0 radical (unpaired) electrons. The fraction of sp³-hybridized carbons (Fsp3) is 0.333. The van der Waals surface area contributed by atoms with Crippen molar-refractivity contribution in [3.8, 4) is 5.82 Å². The van der Waals surface area contributed by atoms with Gasteiger partial charge in [-0.3, -0.25) is 4.57 Å². The van der Waals surface area contributed by atoms with Crippen molar-refractivity contribution in [1.82, 2.24) is 14.5 Å². The van der Waals surface area contributed by atoms with E-state index in [0.29, 0.717) is 6.04 Å². The van der Waals surface area contributed by atoms with Crippen LogP contribution in [-0.2, 0) is 0 Å². The van der Waals surface area contributed by atoms with Gasteiger partial charge in [-0.15, -0.1) is 6.58 Å². The molecule has 2 rings (SSSR count). The molecule has 0 aliphatic rings. The number of imidazole rings is 1. The molecule has 0 aliphatic carbocycles. The van der Waals surface area contributed by atoms with Crippen molar-refractivity contribution in [2.24, 2.45) is 0 Å². The lowest BCUT2D eigenvalue weighted by Gasteiger charge is -2.14. The van der Waals surface area contributed by atoms with Crippen LogP contribution in [0.3, 0.4) is 0 Å². The predicted octanol–water partition coefficient (Wildman–Crippen LogP) is 3.34. The second-order valence-corrected chi connectivity index (χ2v) is 4.66. The Morgan fingerprint density at radius 3 is 2.84 bits per heavy atom. The van der Waals surface area contributed by atoms with Crippen molar-refractivity contribution in [1.29, 1.82) is 0 Å². The van der Waals surface area contributed by atoms with Gasteiger partial charge in [0, 0.05) is 18.4 Å². The molecule has 100 valence electrons. The van der Waals surface area contributed by atoms with Crippen LogP contribution in [-0.4, -0.2) is 20.6 Å². The van der Waals surface area contributed by atoms with Crippen molar-refractivity contribution in [3.63, 3.8) is 0 Å². The summed E-state index contributed by atoms with van der Waals surface area (Å²) >= 11 is 0. The Labute approximate surface area is 114 Å². The van der Waals surface area contributed by atoms with Crippen molar-refractivity contribution in [2.45, 2.75) is 32.7 Å². The summed E-state index contributed by atoms with van der Waals surface area (Å²) in [5, 5.41) is 3.43. The third-order valence-electron chi connectivity index (χ3n) is 3.04. The summed E-state index contributed by atoms with van der Waals surface area (Å²) < 4.78 is 1.96. The minimum atomic E-state index is 0.417. The number of pyridine rings is 1. The second-order valence-electron chi connectivity index (χ2n) is 4.66. The average Bonchev–Trinajstić information content (AvgIpc) is 2.83. The van der Waals surface area contributed by atoms with Crippen molar-refractivity contribution < 1.29 is 0 Å². The monoisotopic (exact) mass is 256 g/mol. The first-order valence-electron chi connectivity index (χ1n) is 6.54. The number of aryl methyl sites for hydroxylation is 1. The van der Waals surface area contributed by atoms with E-state index in [1.165, 1.54) is 0 Å².